The summed E-state index contributed by atoms with van der Waals surface area (Å²) in [6.45, 7) is 4.46. The molecule has 0 aliphatic heterocycles. The van der Waals surface area contributed by atoms with Crippen molar-refractivity contribution in [3.05, 3.63) is 30.3 Å². The molecule has 20 heavy (non-hydrogen) atoms. The van der Waals surface area contributed by atoms with Gasteiger partial charge in [0.25, 0.3) is 0 Å². The lowest BCUT2D eigenvalue weighted by Crippen LogP contribution is -2.26. The zero-order valence-corrected chi connectivity index (χ0v) is 12.5. The van der Waals surface area contributed by atoms with Gasteiger partial charge in [0.15, 0.2) is 6.10 Å². The molecule has 0 fully saturated rings. The highest BCUT2D eigenvalue weighted by molar-refractivity contribution is 5.72. The second-order valence-electron chi connectivity index (χ2n) is 5.64. The van der Waals surface area contributed by atoms with Gasteiger partial charge in [0.2, 0.25) is 0 Å². The molecule has 3 nitrogen and oxygen atoms in total. The smallest absolute Gasteiger partial charge is 0.344 e. The number of hydrogen-bond acceptors (Lipinski definition) is 2. The molecule has 1 N–H and O–H groups in total. The number of benzene rings is 1. The van der Waals surface area contributed by atoms with Crippen molar-refractivity contribution in [3.8, 4) is 5.75 Å². The monoisotopic (exact) mass is 278 g/mol. The van der Waals surface area contributed by atoms with E-state index >= 15 is 0 Å². The van der Waals surface area contributed by atoms with Crippen LogP contribution in [-0.2, 0) is 4.79 Å². The van der Waals surface area contributed by atoms with Crippen LogP contribution in [0.25, 0.3) is 0 Å². The van der Waals surface area contributed by atoms with Crippen molar-refractivity contribution in [2.45, 2.75) is 58.5 Å². The number of hydrogen-bond donors (Lipinski definition) is 1. The van der Waals surface area contributed by atoms with Crippen molar-refractivity contribution in [1.82, 2.24) is 0 Å². The van der Waals surface area contributed by atoms with Gasteiger partial charge in [-0.05, 0) is 30.9 Å². The Morgan fingerprint density at radius 2 is 1.65 bits per heavy atom. The summed E-state index contributed by atoms with van der Waals surface area (Å²) in [6, 6.07) is 9.16. The van der Waals surface area contributed by atoms with E-state index in [1.807, 2.05) is 18.2 Å². The Morgan fingerprint density at radius 1 is 1.05 bits per heavy atom. The fraction of sp³-hybridized carbons (Fsp3) is 0.588. The molecule has 0 radical (unpaired) electrons. The number of carboxylic acids is 1. The number of rotatable bonds is 10. The van der Waals surface area contributed by atoms with Crippen molar-refractivity contribution >= 4 is 5.97 Å². The molecular formula is C17H26O3. The summed E-state index contributed by atoms with van der Waals surface area (Å²) in [5.74, 6) is 0.499. The van der Waals surface area contributed by atoms with E-state index in [4.69, 9.17) is 4.74 Å². The maximum Gasteiger partial charge on any atom is 0.344 e. The minimum absolute atomic E-state index is 0.575. The Kier molecular flexibility index (Phi) is 7.78. The zero-order valence-electron chi connectivity index (χ0n) is 12.5. The zero-order chi connectivity index (χ0) is 14.8. The summed E-state index contributed by atoms with van der Waals surface area (Å²) in [5.41, 5.74) is 0. The summed E-state index contributed by atoms with van der Waals surface area (Å²) in [7, 11) is 0. The van der Waals surface area contributed by atoms with Crippen LogP contribution in [0.3, 0.4) is 0 Å². The first-order chi connectivity index (χ1) is 9.59. The number of ether oxygens (including phenoxy) is 1. The number of aliphatic carboxylic acids is 1. The van der Waals surface area contributed by atoms with Crippen LogP contribution < -0.4 is 4.74 Å². The van der Waals surface area contributed by atoms with Gasteiger partial charge in [-0.25, -0.2) is 4.79 Å². The lowest BCUT2D eigenvalue weighted by Gasteiger charge is -2.15. The molecule has 1 rings (SSSR count). The van der Waals surface area contributed by atoms with E-state index in [0.29, 0.717) is 12.2 Å². The maximum absolute atomic E-state index is 11.2. The van der Waals surface area contributed by atoms with Crippen molar-refractivity contribution in [1.29, 1.82) is 0 Å². The van der Waals surface area contributed by atoms with Gasteiger partial charge in [-0.15, -0.1) is 0 Å². The van der Waals surface area contributed by atoms with E-state index in [9.17, 15) is 9.90 Å². The first kappa shape index (κ1) is 16.5. The topological polar surface area (TPSA) is 46.5 Å². The predicted molar refractivity (Wildman–Crippen MR) is 81.0 cm³/mol. The maximum atomic E-state index is 11.2. The van der Waals surface area contributed by atoms with Gasteiger partial charge in [0.1, 0.15) is 5.75 Å². The van der Waals surface area contributed by atoms with E-state index in [-0.39, 0.29) is 0 Å². The molecule has 0 saturated heterocycles. The minimum Gasteiger partial charge on any atom is -0.479 e. The SMILES string of the molecule is CC(C)CCCCCCC(Oc1ccccc1)C(=O)O. The fourth-order valence-electron chi connectivity index (χ4n) is 2.13. The summed E-state index contributed by atoms with van der Waals surface area (Å²) in [5, 5.41) is 9.19. The Bertz CT molecular complexity index is 373. The third-order valence-electron chi connectivity index (χ3n) is 3.29. The molecule has 0 amide bonds. The molecule has 1 aromatic rings. The second kappa shape index (κ2) is 9.40. The minimum atomic E-state index is -0.879. The predicted octanol–water partition coefficient (Wildman–Crippen LogP) is 4.52. The van der Waals surface area contributed by atoms with Crippen LogP contribution in [0.1, 0.15) is 52.4 Å². The Hall–Kier alpha value is -1.51. The number of carboxylic acid groups (broad SMARTS) is 1. The van der Waals surface area contributed by atoms with Crippen molar-refractivity contribution < 1.29 is 14.6 Å². The quantitative estimate of drug-likeness (QED) is 0.640. The fourth-order valence-corrected chi connectivity index (χ4v) is 2.13. The first-order valence-corrected chi connectivity index (χ1v) is 7.54. The molecule has 1 unspecified atom stereocenters. The Labute approximate surface area is 122 Å². The van der Waals surface area contributed by atoms with E-state index < -0.39 is 12.1 Å². The van der Waals surface area contributed by atoms with Crippen molar-refractivity contribution in [3.63, 3.8) is 0 Å². The second-order valence-corrected chi connectivity index (χ2v) is 5.64. The van der Waals surface area contributed by atoms with Crippen LogP contribution in [0.15, 0.2) is 30.3 Å². The van der Waals surface area contributed by atoms with E-state index in [1.165, 1.54) is 19.3 Å². The molecule has 3 heteroatoms. The third kappa shape index (κ3) is 7.17. The van der Waals surface area contributed by atoms with Gasteiger partial charge in [-0.1, -0.05) is 57.7 Å². The van der Waals surface area contributed by atoms with Crippen LogP contribution >= 0.6 is 0 Å². The van der Waals surface area contributed by atoms with Crippen molar-refractivity contribution in [2.24, 2.45) is 5.92 Å². The standard InChI is InChI=1S/C17H26O3/c1-14(2)10-6-3-4-9-13-16(17(18)19)20-15-11-7-5-8-12-15/h5,7-8,11-12,14,16H,3-4,6,9-10,13H2,1-2H3,(H,18,19). The van der Waals surface area contributed by atoms with Gasteiger partial charge < -0.3 is 9.84 Å². The van der Waals surface area contributed by atoms with Gasteiger partial charge >= 0.3 is 5.97 Å². The third-order valence-corrected chi connectivity index (χ3v) is 3.29. The number of carbonyl (C=O) groups is 1. The molecule has 0 saturated carbocycles. The van der Waals surface area contributed by atoms with E-state index in [1.54, 1.807) is 12.1 Å². The highest BCUT2D eigenvalue weighted by Gasteiger charge is 2.18. The van der Waals surface area contributed by atoms with Gasteiger partial charge in [0.05, 0.1) is 0 Å². The molecule has 0 bridgehead atoms. The molecule has 0 aliphatic rings. The Balaban J connectivity index is 2.25. The van der Waals surface area contributed by atoms with E-state index in [2.05, 4.69) is 13.8 Å². The van der Waals surface area contributed by atoms with Gasteiger partial charge in [-0.2, -0.15) is 0 Å². The summed E-state index contributed by atoms with van der Waals surface area (Å²) in [6.07, 6.45) is 5.48. The number of para-hydroxylation sites is 1. The lowest BCUT2D eigenvalue weighted by atomic mass is 10.0. The van der Waals surface area contributed by atoms with E-state index in [0.717, 1.165) is 18.8 Å². The molecule has 0 spiro atoms. The lowest BCUT2D eigenvalue weighted by molar-refractivity contribution is -0.145. The molecule has 1 atom stereocenters. The molecule has 0 aromatic heterocycles. The highest BCUT2D eigenvalue weighted by Crippen LogP contribution is 2.16. The summed E-state index contributed by atoms with van der Waals surface area (Å²) in [4.78, 5) is 11.2. The molecule has 1 aromatic carbocycles. The molecule has 112 valence electrons. The average molecular weight is 278 g/mol. The van der Waals surface area contributed by atoms with Crippen molar-refractivity contribution in [2.75, 3.05) is 0 Å². The van der Waals surface area contributed by atoms with Gasteiger partial charge in [0, 0.05) is 0 Å². The molecular weight excluding hydrogens is 252 g/mol. The van der Waals surface area contributed by atoms with Crippen LogP contribution in [0.4, 0.5) is 0 Å². The summed E-state index contributed by atoms with van der Waals surface area (Å²) >= 11 is 0. The number of unbranched alkanes of at least 4 members (excludes halogenated alkanes) is 3. The van der Waals surface area contributed by atoms with Gasteiger partial charge in [-0.3, -0.25) is 0 Å². The normalized spacial score (nSPS) is 12.3. The Morgan fingerprint density at radius 3 is 2.20 bits per heavy atom. The highest BCUT2D eigenvalue weighted by atomic mass is 16.5. The first-order valence-electron chi connectivity index (χ1n) is 7.54. The van der Waals surface area contributed by atoms with Crippen LogP contribution in [-0.4, -0.2) is 17.2 Å². The van der Waals surface area contributed by atoms with Crippen LogP contribution in [0.5, 0.6) is 5.75 Å². The largest absolute Gasteiger partial charge is 0.479 e. The van der Waals surface area contributed by atoms with Crippen LogP contribution in [0, 0.1) is 5.92 Å². The average Bonchev–Trinajstić information content (AvgIpc) is 2.42. The molecule has 0 aliphatic carbocycles. The summed E-state index contributed by atoms with van der Waals surface area (Å²) < 4.78 is 5.52. The molecule has 0 heterocycles. The van der Waals surface area contributed by atoms with Crippen LogP contribution in [0.2, 0.25) is 0 Å².